The zero-order valence-corrected chi connectivity index (χ0v) is 10.9. The number of nitrogens with one attached hydrogen (secondary N) is 1. The van der Waals surface area contributed by atoms with Crippen LogP contribution in [-0.2, 0) is 0 Å². The van der Waals surface area contributed by atoms with Gasteiger partial charge in [-0.25, -0.2) is 5.43 Å². The standard InChI is InChI=1S/C12H17N3O6/c16-6-9(18)11(20)10(19)8(17)5-14-15-12(21)7-1-3-13-4-2-7/h1-5,8-11,16-20H,6H2,(H,15,21)/b14-5-/t8-,9+,10+,11-/m0/s1. The lowest BCUT2D eigenvalue weighted by Gasteiger charge is -2.23. The molecule has 0 aliphatic carbocycles. The number of hydrazone groups is 1. The second-order valence-electron chi connectivity index (χ2n) is 4.18. The maximum atomic E-state index is 11.6. The van der Waals surface area contributed by atoms with Crippen LogP contribution in [0.2, 0.25) is 0 Å². The quantitative estimate of drug-likeness (QED) is 0.235. The smallest absolute Gasteiger partial charge is 0.271 e. The van der Waals surface area contributed by atoms with Crippen LogP contribution in [-0.4, -0.2) is 73.7 Å². The Morgan fingerprint density at radius 1 is 1.24 bits per heavy atom. The summed E-state index contributed by atoms with van der Waals surface area (Å²) in [6, 6.07) is 2.91. The topological polar surface area (TPSA) is 156 Å². The van der Waals surface area contributed by atoms with Gasteiger partial charge in [0, 0.05) is 18.0 Å². The molecule has 0 aliphatic rings. The summed E-state index contributed by atoms with van der Waals surface area (Å²) in [5, 5.41) is 49.5. The van der Waals surface area contributed by atoms with E-state index in [9.17, 15) is 20.1 Å². The van der Waals surface area contributed by atoms with Gasteiger partial charge in [0.15, 0.2) is 0 Å². The monoisotopic (exact) mass is 299 g/mol. The average Bonchev–Trinajstić information content (AvgIpc) is 2.53. The van der Waals surface area contributed by atoms with Gasteiger partial charge in [0.1, 0.15) is 24.4 Å². The van der Waals surface area contributed by atoms with Crippen molar-refractivity contribution in [1.29, 1.82) is 0 Å². The fourth-order valence-corrected chi connectivity index (χ4v) is 1.37. The highest BCUT2D eigenvalue weighted by molar-refractivity contribution is 5.94. The molecule has 0 spiro atoms. The van der Waals surface area contributed by atoms with E-state index in [1.807, 2.05) is 0 Å². The molecule has 9 heteroatoms. The Bertz CT molecular complexity index is 469. The van der Waals surface area contributed by atoms with Gasteiger partial charge in [-0.05, 0) is 12.1 Å². The van der Waals surface area contributed by atoms with Crippen molar-refractivity contribution >= 4 is 12.1 Å². The van der Waals surface area contributed by atoms with Crippen molar-refractivity contribution in [3.63, 3.8) is 0 Å². The van der Waals surface area contributed by atoms with Gasteiger partial charge in [-0.2, -0.15) is 5.10 Å². The van der Waals surface area contributed by atoms with Gasteiger partial charge in [0.25, 0.3) is 5.91 Å². The fraction of sp³-hybridized carbons (Fsp3) is 0.417. The Morgan fingerprint density at radius 2 is 1.86 bits per heavy atom. The van der Waals surface area contributed by atoms with E-state index in [1.165, 1.54) is 24.5 Å². The summed E-state index contributed by atoms with van der Waals surface area (Å²) in [7, 11) is 0. The molecule has 0 bridgehead atoms. The van der Waals surface area contributed by atoms with E-state index in [2.05, 4.69) is 15.5 Å². The van der Waals surface area contributed by atoms with E-state index in [1.54, 1.807) is 0 Å². The van der Waals surface area contributed by atoms with Crippen LogP contribution in [0.25, 0.3) is 0 Å². The molecule has 1 aromatic heterocycles. The molecule has 1 aromatic rings. The SMILES string of the molecule is O=C(N/N=C\[C@H](O)[C@@H](O)[C@@H](O)[C@H](O)CO)c1ccncc1. The minimum absolute atomic E-state index is 0.299. The molecule has 6 N–H and O–H groups in total. The lowest BCUT2D eigenvalue weighted by Crippen LogP contribution is -2.46. The second kappa shape index (κ2) is 8.39. The van der Waals surface area contributed by atoms with Gasteiger partial charge in [0.05, 0.1) is 12.8 Å². The zero-order valence-electron chi connectivity index (χ0n) is 10.9. The molecule has 0 saturated carbocycles. The summed E-state index contributed by atoms with van der Waals surface area (Å²) >= 11 is 0. The number of carbonyl (C=O) groups excluding carboxylic acids is 1. The third-order valence-corrected chi connectivity index (χ3v) is 2.62. The van der Waals surface area contributed by atoms with Gasteiger partial charge in [0.2, 0.25) is 0 Å². The van der Waals surface area contributed by atoms with E-state index < -0.39 is 36.9 Å². The first-order chi connectivity index (χ1) is 9.97. The molecule has 1 amide bonds. The highest BCUT2D eigenvalue weighted by Gasteiger charge is 2.29. The van der Waals surface area contributed by atoms with Gasteiger partial charge >= 0.3 is 0 Å². The molecular formula is C12H17N3O6. The van der Waals surface area contributed by atoms with Crippen molar-refractivity contribution in [1.82, 2.24) is 10.4 Å². The molecule has 0 fully saturated rings. The van der Waals surface area contributed by atoms with Crippen molar-refractivity contribution in [3.8, 4) is 0 Å². The molecule has 1 rings (SSSR count). The van der Waals surface area contributed by atoms with E-state index in [-0.39, 0.29) is 0 Å². The highest BCUT2D eigenvalue weighted by atomic mass is 16.4. The van der Waals surface area contributed by atoms with Crippen LogP contribution in [0.15, 0.2) is 29.6 Å². The van der Waals surface area contributed by atoms with Gasteiger partial charge in [-0.15, -0.1) is 0 Å². The Morgan fingerprint density at radius 3 is 2.43 bits per heavy atom. The van der Waals surface area contributed by atoms with Crippen LogP contribution >= 0.6 is 0 Å². The molecule has 0 aromatic carbocycles. The molecule has 21 heavy (non-hydrogen) atoms. The summed E-state index contributed by atoms with van der Waals surface area (Å²) in [5.74, 6) is -0.550. The number of hydrogen-bond acceptors (Lipinski definition) is 8. The average molecular weight is 299 g/mol. The fourth-order valence-electron chi connectivity index (χ4n) is 1.37. The van der Waals surface area contributed by atoms with Crippen LogP contribution < -0.4 is 5.43 Å². The summed E-state index contributed by atoms with van der Waals surface area (Å²) in [4.78, 5) is 15.3. The third kappa shape index (κ3) is 5.17. The number of amides is 1. The number of aliphatic hydroxyl groups excluding tert-OH is 5. The molecule has 4 atom stereocenters. The first kappa shape index (κ1) is 17.1. The zero-order chi connectivity index (χ0) is 15.8. The normalized spacial score (nSPS) is 17.2. The van der Waals surface area contributed by atoms with Crippen molar-refractivity contribution in [2.45, 2.75) is 24.4 Å². The van der Waals surface area contributed by atoms with Crippen LogP contribution in [0.5, 0.6) is 0 Å². The number of carbonyl (C=O) groups is 1. The van der Waals surface area contributed by atoms with E-state index in [0.717, 1.165) is 6.21 Å². The maximum absolute atomic E-state index is 11.6. The van der Waals surface area contributed by atoms with Crippen LogP contribution in [0, 0.1) is 0 Å². The largest absolute Gasteiger partial charge is 0.394 e. The summed E-state index contributed by atoms with van der Waals surface area (Å²) < 4.78 is 0. The number of nitrogens with zero attached hydrogens (tertiary/aromatic N) is 2. The molecule has 0 saturated heterocycles. The van der Waals surface area contributed by atoms with Gasteiger partial charge in [-0.3, -0.25) is 9.78 Å². The van der Waals surface area contributed by atoms with Crippen molar-refractivity contribution in [2.24, 2.45) is 5.10 Å². The number of rotatable bonds is 7. The van der Waals surface area contributed by atoms with E-state index >= 15 is 0 Å². The Labute approximate surface area is 120 Å². The number of pyridine rings is 1. The van der Waals surface area contributed by atoms with Crippen molar-refractivity contribution in [2.75, 3.05) is 6.61 Å². The number of hydrogen-bond donors (Lipinski definition) is 6. The molecule has 0 radical (unpaired) electrons. The van der Waals surface area contributed by atoms with Gasteiger partial charge in [-0.1, -0.05) is 0 Å². The van der Waals surface area contributed by atoms with E-state index in [4.69, 9.17) is 10.2 Å². The lowest BCUT2D eigenvalue weighted by atomic mass is 10.0. The summed E-state index contributed by atoms with van der Waals surface area (Å²) in [6.07, 6.45) is -3.14. The number of aliphatic hydroxyl groups is 5. The molecule has 0 unspecified atom stereocenters. The van der Waals surface area contributed by atoms with Crippen LogP contribution in [0.3, 0.4) is 0 Å². The molecule has 9 nitrogen and oxygen atoms in total. The third-order valence-electron chi connectivity index (χ3n) is 2.62. The van der Waals surface area contributed by atoms with Crippen LogP contribution in [0.1, 0.15) is 10.4 Å². The van der Waals surface area contributed by atoms with E-state index in [0.29, 0.717) is 5.56 Å². The first-order valence-corrected chi connectivity index (χ1v) is 6.04. The maximum Gasteiger partial charge on any atom is 0.271 e. The predicted molar refractivity (Wildman–Crippen MR) is 71.3 cm³/mol. The molecule has 116 valence electrons. The summed E-state index contributed by atoms with van der Waals surface area (Å²) in [6.45, 7) is -0.777. The molecule has 0 aliphatic heterocycles. The molecule has 1 heterocycles. The number of aromatic nitrogens is 1. The second-order valence-corrected chi connectivity index (χ2v) is 4.18. The molecular weight excluding hydrogens is 282 g/mol. The Hall–Kier alpha value is -1.91. The highest BCUT2D eigenvalue weighted by Crippen LogP contribution is 2.03. The first-order valence-electron chi connectivity index (χ1n) is 6.04. The summed E-state index contributed by atoms with van der Waals surface area (Å²) in [5.41, 5.74) is 2.40. The van der Waals surface area contributed by atoms with Crippen LogP contribution in [0.4, 0.5) is 0 Å². The predicted octanol–water partition coefficient (Wildman–Crippen LogP) is -2.77. The lowest BCUT2D eigenvalue weighted by molar-refractivity contribution is -0.0999. The minimum Gasteiger partial charge on any atom is -0.394 e. The van der Waals surface area contributed by atoms with Crippen molar-refractivity contribution in [3.05, 3.63) is 30.1 Å². The Kier molecular flexibility index (Phi) is 6.85. The minimum atomic E-state index is -1.77. The van der Waals surface area contributed by atoms with Crippen molar-refractivity contribution < 1.29 is 30.3 Å². The van der Waals surface area contributed by atoms with Gasteiger partial charge < -0.3 is 25.5 Å². The Balaban J connectivity index is 2.51.